The maximum Gasteiger partial charge on any atom is 0.416 e. The summed E-state index contributed by atoms with van der Waals surface area (Å²) < 4.78 is 45.2. The van der Waals surface area contributed by atoms with Gasteiger partial charge >= 0.3 is 12.2 Å². The zero-order valence-electron chi connectivity index (χ0n) is 23.7. The zero-order chi connectivity index (χ0) is 30.4. The molecule has 0 saturated heterocycles. The van der Waals surface area contributed by atoms with Crippen LogP contribution in [0.2, 0.25) is 0 Å². The van der Waals surface area contributed by atoms with Crippen molar-refractivity contribution in [2.45, 2.75) is 38.7 Å². The zero-order valence-corrected chi connectivity index (χ0v) is 23.7. The summed E-state index contributed by atoms with van der Waals surface area (Å²) in [6, 6.07) is 17.9. The van der Waals surface area contributed by atoms with Crippen molar-refractivity contribution in [3.63, 3.8) is 0 Å². The van der Waals surface area contributed by atoms with Crippen LogP contribution >= 0.6 is 0 Å². The van der Waals surface area contributed by atoms with Gasteiger partial charge in [-0.15, -0.1) is 0 Å². The normalized spacial score (nSPS) is 18.0. The summed E-state index contributed by atoms with van der Waals surface area (Å²) >= 11 is 0. The van der Waals surface area contributed by atoms with Gasteiger partial charge in [-0.05, 0) is 62.0 Å². The monoisotopic (exact) mass is 584 g/mol. The van der Waals surface area contributed by atoms with E-state index < -0.39 is 23.8 Å². The second-order valence-corrected chi connectivity index (χ2v) is 10.7. The largest absolute Gasteiger partial charge is 0.488 e. The van der Waals surface area contributed by atoms with Crippen molar-refractivity contribution < 1.29 is 32.6 Å². The molecule has 4 rings (SSSR count). The SMILES string of the molecule is C[C@H](CO)N1C[C@H](C)[C@H](CN(C)Cc2ccc(C(F)(F)F)cc2)Oc2ccc(NC(=O)Nc3ccccc3)cc2C1=O. The Balaban J connectivity index is 1.53. The molecule has 1 aliphatic heterocycles. The van der Waals surface area contributed by atoms with E-state index >= 15 is 0 Å². The van der Waals surface area contributed by atoms with Crippen LogP contribution in [0.25, 0.3) is 0 Å². The number of halogens is 3. The van der Waals surface area contributed by atoms with E-state index in [1.807, 2.05) is 24.9 Å². The van der Waals surface area contributed by atoms with E-state index in [9.17, 15) is 27.9 Å². The Morgan fingerprint density at radius 3 is 2.38 bits per heavy atom. The number of ether oxygens (including phenoxy) is 1. The molecule has 1 heterocycles. The number of benzene rings is 3. The molecule has 1 aliphatic rings. The molecule has 0 saturated carbocycles. The number of alkyl halides is 3. The molecule has 42 heavy (non-hydrogen) atoms. The molecule has 0 aromatic heterocycles. The van der Waals surface area contributed by atoms with Crippen LogP contribution in [0.1, 0.15) is 35.3 Å². The molecule has 3 atom stereocenters. The maximum atomic E-state index is 13.6. The fraction of sp³-hybridized carbons (Fsp3) is 0.355. The number of nitrogens with one attached hydrogen (secondary N) is 2. The first-order valence-corrected chi connectivity index (χ1v) is 13.6. The Morgan fingerprint density at radius 2 is 1.74 bits per heavy atom. The smallest absolute Gasteiger partial charge is 0.416 e. The van der Waals surface area contributed by atoms with Crippen molar-refractivity contribution in [1.29, 1.82) is 0 Å². The van der Waals surface area contributed by atoms with Crippen LogP contribution in [0, 0.1) is 5.92 Å². The fourth-order valence-corrected chi connectivity index (χ4v) is 4.82. The average Bonchev–Trinajstić information content (AvgIpc) is 2.95. The number of likely N-dealkylation sites (N-methyl/N-ethyl adjacent to an activating group) is 1. The summed E-state index contributed by atoms with van der Waals surface area (Å²) in [5.41, 5.74) is 1.27. The molecular weight excluding hydrogens is 549 g/mol. The number of hydrogen-bond donors (Lipinski definition) is 3. The van der Waals surface area contributed by atoms with Crippen LogP contribution in [0.3, 0.4) is 0 Å². The maximum absolute atomic E-state index is 13.6. The molecule has 3 N–H and O–H groups in total. The molecule has 0 unspecified atom stereocenters. The number of urea groups is 1. The van der Waals surface area contributed by atoms with E-state index in [4.69, 9.17) is 4.74 Å². The number of carbonyl (C=O) groups excluding carboxylic acids is 2. The lowest BCUT2D eigenvalue weighted by Crippen LogP contribution is -2.49. The lowest BCUT2D eigenvalue weighted by molar-refractivity contribution is -0.137. The van der Waals surface area contributed by atoms with Crippen LogP contribution in [-0.4, -0.2) is 65.7 Å². The Morgan fingerprint density at radius 1 is 1.07 bits per heavy atom. The third kappa shape index (κ3) is 7.80. The summed E-state index contributed by atoms with van der Waals surface area (Å²) in [7, 11) is 1.85. The number of fused-ring (bicyclic) bond motifs is 1. The summed E-state index contributed by atoms with van der Waals surface area (Å²) in [5, 5.41) is 15.4. The number of aliphatic hydroxyl groups is 1. The van der Waals surface area contributed by atoms with Crippen molar-refractivity contribution in [2.75, 3.05) is 37.4 Å². The predicted octanol–water partition coefficient (Wildman–Crippen LogP) is 5.70. The van der Waals surface area contributed by atoms with E-state index in [0.717, 1.165) is 17.7 Å². The molecule has 8 nitrogen and oxygen atoms in total. The van der Waals surface area contributed by atoms with E-state index in [1.165, 1.54) is 12.1 Å². The molecule has 0 bridgehead atoms. The average molecular weight is 585 g/mol. The molecule has 0 aliphatic carbocycles. The van der Waals surface area contributed by atoms with Gasteiger partial charge in [0.15, 0.2) is 0 Å². The van der Waals surface area contributed by atoms with Crippen LogP contribution in [-0.2, 0) is 12.7 Å². The number of hydrogen-bond acceptors (Lipinski definition) is 5. The highest BCUT2D eigenvalue weighted by molar-refractivity contribution is 6.02. The first-order valence-electron chi connectivity index (χ1n) is 13.6. The molecule has 3 aromatic carbocycles. The van der Waals surface area contributed by atoms with Gasteiger partial charge in [0.25, 0.3) is 5.91 Å². The lowest BCUT2D eigenvalue weighted by atomic mass is 9.99. The van der Waals surface area contributed by atoms with Crippen LogP contribution < -0.4 is 15.4 Å². The number of nitrogens with zero attached hydrogens (tertiary/aromatic N) is 2. The van der Waals surface area contributed by atoms with E-state index in [2.05, 4.69) is 10.6 Å². The van der Waals surface area contributed by atoms with Crippen molar-refractivity contribution in [3.8, 4) is 5.75 Å². The van der Waals surface area contributed by atoms with Gasteiger partial charge in [-0.25, -0.2) is 4.79 Å². The van der Waals surface area contributed by atoms with Crippen molar-refractivity contribution in [3.05, 3.63) is 89.5 Å². The lowest BCUT2D eigenvalue weighted by Gasteiger charge is -2.38. The minimum Gasteiger partial charge on any atom is -0.488 e. The van der Waals surface area contributed by atoms with Crippen molar-refractivity contribution >= 4 is 23.3 Å². The molecule has 3 aromatic rings. The van der Waals surface area contributed by atoms with Crippen molar-refractivity contribution in [2.24, 2.45) is 5.92 Å². The van der Waals surface area contributed by atoms with Crippen LogP contribution in [0.4, 0.5) is 29.3 Å². The molecule has 0 spiro atoms. The van der Waals surface area contributed by atoms with Crippen LogP contribution in [0.15, 0.2) is 72.8 Å². The topological polar surface area (TPSA) is 94.1 Å². The molecular formula is C31H35F3N4O4. The summed E-state index contributed by atoms with van der Waals surface area (Å²) in [6.07, 6.45) is -4.78. The predicted molar refractivity (Wildman–Crippen MR) is 154 cm³/mol. The molecule has 3 amide bonds. The Hall–Kier alpha value is -4.09. The van der Waals surface area contributed by atoms with Gasteiger partial charge in [0.05, 0.1) is 23.8 Å². The summed E-state index contributed by atoms with van der Waals surface area (Å²) in [5.74, 6) is -0.133. The van der Waals surface area contributed by atoms with E-state index in [0.29, 0.717) is 36.8 Å². The van der Waals surface area contributed by atoms with Gasteiger partial charge in [0.2, 0.25) is 0 Å². The fourth-order valence-electron chi connectivity index (χ4n) is 4.82. The highest BCUT2D eigenvalue weighted by Gasteiger charge is 2.34. The van der Waals surface area contributed by atoms with Gasteiger partial charge in [0, 0.05) is 36.9 Å². The highest BCUT2D eigenvalue weighted by atomic mass is 19.4. The van der Waals surface area contributed by atoms with Gasteiger partial charge in [-0.2, -0.15) is 13.2 Å². The number of carbonyl (C=O) groups is 2. The Labute approximate surface area is 243 Å². The number of anilines is 2. The first kappa shape index (κ1) is 30.9. The van der Waals surface area contributed by atoms with E-state index in [1.54, 1.807) is 54.3 Å². The van der Waals surface area contributed by atoms with Gasteiger partial charge in [-0.1, -0.05) is 37.3 Å². The van der Waals surface area contributed by atoms with Crippen LogP contribution in [0.5, 0.6) is 5.75 Å². The number of rotatable bonds is 8. The van der Waals surface area contributed by atoms with Gasteiger partial charge in [0.1, 0.15) is 11.9 Å². The minimum absolute atomic E-state index is 0.138. The molecule has 0 fully saturated rings. The standard InChI is InChI=1S/C31H35F3N4O4/c1-20-16-38(21(2)19-39)29(40)26-15-25(36-30(41)35-24-7-5-4-6-8-24)13-14-27(26)42-28(20)18-37(3)17-22-9-11-23(12-10-22)31(32,33)34/h4-15,20-21,28,39H,16-19H2,1-3H3,(H2,35,36,41)/t20-,21+,28-/m0/s1. The first-order chi connectivity index (χ1) is 19.9. The minimum atomic E-state index is -4.39. The van der Waals surface area contributed by atoms with E-state index in [-0.39, 0.29) is 30.1 Å². The highest BCUT2D eigenvalue weighted by Crippen LogP contribution is 2.32. The molecule has 11 heteroatoms. The third-order valence-electron chi connectivity index (χ3n) is 7.18. The summed E-state index contributed by atoms with van der Waals surface area (Å²) in [4.78, 5) is 29.8. The number of aliphatic hydroxyl groups excluding tert-OH is 1. The molecule has 0 radical (unpaired) electrons. The third-order valence-corrected chi connectivity index (χ3v) is 7.18. The Kier molecular flexibility index (Phi) is 9.74. The van der Waals surface area contributed by atoms with Gasteiger partial charge in [-0.3, -0.25) is 9.69 Å². The number of para-hydroxylation sites is 1. The molecule has 224 valence electrons. The Bertz CT molecular complexity index is 1370. The quantitative estimate of drug-likeness (QED) is 0.316. The second-order valence-electron chi connectivity index (χ2n) is 10.7. The number of amides is 3. The summed E-state index contributed by atoms with van der Waals surface area (Å²) in [6.45, 7) is 4.61. The van der Waals surface area contributed by atoms with Gasteiger partial charge < -0.3 is 25.4 Å². The second kappa shape index (κ2) is 13.3. The van der Waals surface area contributed by atoms with Crippen molar-refractivity contribution in [1.82, 2.24) is 9.80 Å².